The number of hydrogen-bond donors (Lipinski definition) is 3. The summed E-state index contributed by atoms with van der Waals surface area (Å²) >= 11 is 0. The van der Waals surface area contributed by atoms with Crippen molar-refractivity contribution in [1.82, 2.24) is 0 Å². The van der Waals surface area contributed by atoms with E-state index >= 15 is 0 Å². The van der Waals surface area contributed by atoms with Crippen molar-refractivity contribution in [1.29, 1.82) is 0 Å². The maximum Gasteiger partial charge on any atom is 0.472 e. The second-order valence-corrected chi connectivity index (χ2v) is 34.6. The maximum absolute atomic E-state index is 13.1. The summed E-state index contributed by atoms with van der Waals surface area (Å²) in [4.78, 5) is 73.2. The van der Waals surface area contributed by atoms with E-state index in [1.54, 1.807) is 0 Å². The van der Waals surface area contributed by atoms with Crippen LogP contribution in [0.2, 0.25) is 0 Å². The molecular formula is C84H164O17P2. The van der Waals surface area contributed by atoms with Gasteiger partial charge in [-0.05, 0) is 43.4 Å². The van der Waals surface area contributed by atoms with Gasteiger partial charge in [0, 0.05) is 25.7 Å². The van der Waals surface area contributed by atoms with E-state index < -0.39 is 97.5 Å². The number of carbonyl (C=O) groups is 4. The largest absolute Gasteiger partial charge is 0.472 e. The predicted octanol–water partition coefficient (Wildman–Crippen LogP) is 25.3. The minimum atomic E-state index is -4.96. The van der Waals surface area contributed by atoms with Gasteiger partial charge in [-0.2, -0.15) is 0 Å². The monoisotopic (exact) mass is 1510 g/mol. The average molecular weight is 1510 g/mol. The highest BCUT2D eigenvalue weighted by atomic mass is 31.2. The zero-order valence-corrected chi connectivity index (χ0v) is 69.6. The van der Waals surface area contributed by atoms with E-state index in [2.05, 4.69) is 48.5 Å². The molecule has 0 saturated carbocycles. The van der Waals surface area contributed by atoms with Crippen molar-refractivity contribution < 1.29 is 80.2 Å². The van der Waals surface area contributed by atoms with Gasteiger partial charge in [-0.25, -0.2) is 9.13 Å². The number of carbonyl (C=O) groups excluding carboxylic acids is 4. The van der Waals surface area contributed by atoms with Crippen molar-refractivity contribution in [3.05, 3.63) is 0 Å². The molecule has 0 aliphatic heterocycles. The molecule has 3 N–H and O–H groups in total. The summed E-state index contributed by atoms with van der Waals surface area (Å²) in [6.45, 7) is 12.0. The molecule has 0 aliphatic rings. The van der Waals surface area contributed by atoms with E-state index in [0.717, 1.165) is 108 Å². The van der Waals surface area contributed by atoms with Crippen LogP contribution in [0.1, 0.15) is 440 Å². The number of aliphatic hydroxyl groups excluding tert-OH is 1. The van der Waals surface area contributed by atoms with Gasteiger partial charge in [0.15, 0.2) is 12.2 Å². The third kappa shape index (κ3) is 78.0. The molecule has 103 heavy (non-hydrogen) atoms. The van der Waals surface area contributed by atoms with Gasteiger partial charge in [0.2, 0.25) is 0 Å². The third-order valence-corrected chi connectivity index (χ3v) is 21.5. The summed E-state index contributed by atoms with van der Waals surface area (Å²) in [5, 5.41) is 10.7. The Morgan fingerprint density at radius 1 is 0.262 bits per heavy atom. The molecule has 0 amide bonds. The lowest BCUT2D eigenvalue weighted by molar-refractivity contribution is -0.161. The summed E-state index contributed by atoms with van der Waals surface area (Å²) in [7, 11) is -9.93. The predicted molar refractivity (Wildman–Crippen MR) is 423 cm³/mol. The smallest absolute Gasteiger partial charge is 0.462 e. The van der Waals surface area contributed by atoms with Gasteiger partial charge in [-0.1, -0.05) is 389 Å². The SMILES string of the molecule is CCCCCCCCCCCCCCCC(=O)OC[C@H](COP(=O)(O)OC[C@H](O)COP(=O)(O)OC[C@@H](COC(=O)CCCCCCCCCCCCCCCCC(C)C)OC(=O)CCCCCCCCCCCCCCCCC(C)C)OC(=O)CCCCCCCCCCCCCCCC(C)C. The molecule has 0 bridgehead atoms. The van der Waals surface area contributed by atoms with E-state index in [0.29, 0.717) is 25.7 Å². The Hall–Kier alpha value is -1.94. The second kappa shape index (κ2) is 74.2. The Bertz CT molecular complexity index is 1990. The Morgan fingerprint density at radius 3 is 0.660 bits per heavy atom. The molecule has 0 aromatic rings. The first kappa shape index (κ1) is 101. The first-order valence-electron chi connectivity index (χ1n) is 43.3. The van der Waals surface area contributed by atoms with E-state index in [9.17, 15) is 43.2 Å². The van der Waals surface area contributed by atoms with E-state index in [1.165, 1.54) is 250 Å². The zero-order valence-electron chi connectivity index (χ0n) is 67.8. The summed E-state index contributed by atoms with van der Waals surface area (Å²) in [6.07, 6.45) is 63.6. The number of esters is 4. The highest BCUT2D eigenvalue weighted by Gasteiger charge is 2.30. The van der Waals surface area contributed by atoms with E-state index in [4.69, 9.17) is 37.0 Å². The number of unbranched alkanes of at least 4 members (excludes halogenated alkanes) is 50. The van der Waals surface area contributed by atoms with Crippen LogP contribution in [-0.4, -0.2) is 96.7 Å². The highest BCUT2D eigenvalue weighted by Crippen LogP contribution is 2.45. The minimum Gasteiger partial charge on any atom is -0.462 e. The number of phosphoric ester groups is 2. The average Bonchev–Trinajstić information content (AvgIpc) is 0.906. The fraction of sp³-hybridized carbons (Fsp3) is 0.952. The number of hydrogen-bond acceptors (Lipinski definition) is 15. The van der Waals surface area contributed by atoms with Crippen molar-refractivity contribution in [3.63, 3.8) is 0 Å². The van der Waals surface area contributed by atoms with Crippen molar-refractivity contribution in [3.8, 4) is 0 Å². The van der Waals surface area contributed by atoms with Crippen molar-refractivity contribution in [2.24, 2.45) is 17.8 Å². The molecule has 0 radical (unpaired) electrons. The van der Waals surface area contributed by atoms with Gasteiger partial charge in [-0.15, -0.1) is 0 Å². The molecule has 19 heteroatoms. The lowest BCUT2D eigenvalue weighted by Gasteiger charge is -2.21. The number of rotatable bonds is 82. The van der Waals surface area contributed by atoms with Crippen LogP contribution in [0.3, 0.4) is 0 Å². The van der Waals surface area contributed by atoms with Crippen LogP contribution in [0.4, 0.5) is 0 Å². The first-order chi connectivity index (χ1) is 49.7. The molecule has 0 rings (SSSR count). The Kier molecular flexibility index (Phi) is 72.8. The number of aliphatic hydroxyl groups is 1. The van der Waals surface area contributed by atoms with Crippen LogP contribution in [0.15, 0.2) is 0 Å². The second-order valence-electron chi connectivity index (χ2n) is 31.6. The molecular weight excluding hydrogens is 1340 g/mol. The standard InChI is InChI=1S/C84H164O17P2/c1-8-9-10-11-12-13-14-20-30-37-44-51-58-65-81(86)94-71-79(101-84(89)68-61-54-47-40-33-26-19-23-29-36-43-50-57-64-77(6)7)73-98-102(90,91)96-69-78(85)70-97-103(92,93)99-74-80(100-83(88)67-60-53-46-39-32-25-18-16-22-28-35-42-49-56-63-76(4)5)72-95-82(87)66-59-52-45-38-31-24-17-15-21-27-34-41-48-55-62-75(2)3/h75-80,85H,8-74H2,1-7H3,(H,90,91)(H,92,93)/t78-,79+,80+/m0/s1. The molecule has 17 nitrogen and oxygen atoms in total. The summed E-state index contributed by atoms with van der Waals surface area (Å²) in [5.41, 5.74) is 0. The zero-order chi connectivity index (χ0) is 75.8. The molecule has 0 aromatic carbocycles. The Morgan fingerprint density at radius 2 is 0.447 bits per heavy atom. The van der Waals surface area contributed by atoms with Crippen LogP contribution < -0.4 is 0 Å². The lowest BCUT2D eigenvalue weighted by Crippen LogP contribution is -2.30. The normalized spacial score (nSPS) is 13.9. The fourth-order valence-electron chi connectivity index (χ4n) is 13.0. The van der Waals surface area contributed by atoms with Crippen LogP contribution >= 0.6 is 15.6 Å². The summed E-state index contributed by atoms with van der Waals surface area (Å²) < 4.78 is 68.9. The van der Waals surface area contributed by atoms with Gasteiger partial charge in [0.05, 0.1) is 26.4 Å². The third-order valence-electron chi connectivity index (χ3n) is 19.6. The van der Waals surface area contributed by atoms with Crippen molar-refractivity contribution in [2.45, 2.75) is 458 Å². The van der Waals surface area contributed by atoms with Gasteiger partial charge in [-0.3, -0.25) is 37.3 Å². The van der Waals surface area contributed by atoms with Crippen LogP contribution in [0.25, 0.3) is 0 Å². The Labute approximate surface area is 632 Å². The van der Waals surface area contributed by atoms with Crippen molar-refractivity contribution in [2.75, 3.05) is 39.6 Å². The Balaban J connectivity index is 5.27. The lowest BCUT2D eigenvalue weighted by atomic mass is 10.0. The van der Waals surface area contributed by atoms with Gasteiger partial charge < -0.3 is 33.8 Å². The maximum atomic E-state index is 13.1. The molecule has 0 saturated heterocycles. The van der Waals surface area contributed by atoms with Crippen molar-refractivity contribution >= 4 is 39.5 Å². The summed E-state index contributed by atoms with van der Waals surface area (Å²) in [6, 6.07) is 0. The van der Waals surface area contributed by atoms with E-state index in [-0.39, 0.29) is 25.7 Å². The van der Waals surface area contributed by atoms with Crippen LogP contribution in [-0.2, 0) is 65.4 Å². The topological polar surface area (TPSA) is 237 Å². The van der Waals surface area contributed by atoms with Gasteiger partial charge >= 0.3 is 39.5 Å². The van der Waals surface area contributed by atoms with Gasteiger partial charge in [0.1, 0.15) is 19.3 Å². The fourth-order valence-corrected chi connectivity index (χ4v) is 14.6. The quantitative estimate of drug-likeness (QED) is 0.0222. The highest BCUT2D eigenvalue weighted by molar-refractivity contribution is 7.47. The van der Waals surface area contributed by atoms with Gasteiger partial charge in [0.25, 0.3) is 0 Å². The minimum absolute atomic E-state index is 0.108. The number of ether oxygens (including phenoxy) is 4. The first-order valence-corrected chi connectivity index (χ1v) is 46.3. The molecule has 0 heterocycles. The van der Waals surface area contributed by atoms with Crippen LogP contribution in [0, 0.1) is 17.8 Å². The number of phosphoric acid groups is 2. The van der Waals surface area contributed by atoms with E-state index in [1.807, 2.05) is 0 Å². The molecule has 0 aromatic heterocycles. The van der Waals surface area contributed by atoms with Crippen LogP contribution in [0.5, 0.6) is 0 Å². The molecule has 612 valence electrons. The molecule has 0 aliphatic carbocycles. The molecule has 0 spiro atoms. The molecule has 2 unspecified atom stereocenters. The molecule has 0 fully saturated rings. The molecule has 5 atom stereocenters. The summed E-state index contributed by atoms with van der Waals surface area (Å²) in [5.74, 6) is 0.277.